The molecular formula is C12H13BrN2. The minimum absolute atomic E-state index is 1.12. The molecule has 0 bridgehead atoms. The van der Waals surface area contributed by atoms with E-state index in [1.54, 1.807) is 0 Å². The smallest absolute Gasteiger partial charge is 0.0439 e. The molecule has 2 N–H and O–H groups in total. The Morgan fingerprint density at radius 3 is 2.27 bits per heavy atom. The van der Waals surface area contributed by atoms with Crippen molar-refractivity contribution in [1.82, 2.24) is 0 Å². The Bertz CT molecular complexity index is 484. The maximum Gasteiger partial charge on any atom is 0.0439 e. The maximum absolute atomic E-state index is 3.57. The van der Waals surface area contributed by atoms with Crippen molar-refractivity contribution in [2.24, 2.45) is 0 Å². The normalized spacial score (nSPS) is 10.3. The van der Waals surface area contributed by atoms with E-state index in [1.807, 2.05) is 14.1 Å². The highest BCUT2D eigenvalue weighted by Gasteiger charge is 2.06. The molecule has 0 aliphatic heterocycles. The molecule has 3 heteroatoms. The van der Waals surface area contributed by atoms with Crippen LogP contribution in [0.15, 0.2) is 34.8 Å². The maximum atomic E-state index is 3.57. The Hall–Kier alpha value is -1.22. The lowest BCUT2D eigenvalue weighted by atomic mass is 10.1. The summed E-state index contributed by atoms with van der Waals surface area (Å²) in [6, 6.07) is 10.4. The summed E-state index contributed by atoms with van der Waals surface area (Å²) < 4.78 is 1.12. The van der Waals surface area contributed by atoms with Gasteiger partial charge in [0.1, 0.15) is 0 Å². The van der Waals surface area contributed by atoms with E-state index < -0.39 is 0 Å². The SMILES string of the molecule is CNc1cccc2c(Br)ccc(NC)c12. The second-order valence-electron chi connectivity index (χ2n) is 3.32. The van der Waals surface area contributed by atoms with Gasteiger partial charge in [0.25, 0.3) is 0 Å². The Kier molecular flexibility index (Phi) is 2.82. The van der Waals surface area contributed by atoms with Crippen LogP contribution in [0, 0.1) is 0 Å². The molecule has 0 radical (unpaired) electrons. The minimum atomic E-state index is 1.12. The van der Waals surface area contributed by atoms with Gasteiger partial charge in [0.15, 0.2) is 0 Å². The van der Waals surface area contributed by atoms with E-state index in [0.29, 0.717) is 0 Å². The lowest BCUT2D eigenvalue weighted by molar-refractivity contribution is 1.50. The Morgan fingerprint density at radius 1 is 0.933 bits per heavy atom. The summed E-state index contributed by atoms with van der Waals surface area (Å²) in [4.78, 5) is 0. The molecule has 0 fully saturated rings. The van der Waals surface area contributed by atoms with Gasteiger partial charge in [-0.15, -0.1) is 0 Å². The lowest BCUT2D eigenvalue weighted by Gasteiger charge is -2.12. The number of halogens is 1. The first-order valence-corrected chi connectivity index (χ1v) is 5.64. The Labute approximate surface area is 97.8 Å². The molecule has 0 aliphatic carbocycles. The number of anilines is 2. The van der Waals surface area contributed by atoms with Crippen LogP contribution in [0.3, 0.4) is 0 Å². The number of hydrogen-bond acceptors (Lipinski definition) is 2. The van der Waals surface area contributed by atoms with Crippen molar-refractivity contribution in [1.29, 1.82) is 0 Å². The average Bonchev–Trinajstić information content (AvgIpc) is 2.29. The van der Waals surface area contributed by atoms with Crippen molar-refractivity contribution in [3.05, 3.63) is 34.8 Å². The highest BCUT2D eigenvalue weighted by molar-refractivity contribution is 9.10. The van der Waals surface area contributed by atoms with Crippen molar-refractivity contribution in [3.63, 3.8) is 0 Å². The predicted molar refractivity (Wildman–Crippen MR) is 70.7 cm³/mol. The van der Waals surface area contributed by atoms with E-state index in [9.17, 15) is 0 Å². The van der Waals surface area contributed by atoms with Crippen LogP contribution >= 0.6 is 15.9 Å². The molecular weight excluding hydrogens is 252 g/mol. The number of fused-ring (bicyclic) bond motifs is 1. The Balaban J connectivity index is 2.87. The van der Waals surface area contributed by atoms with E-state index in [2.05, 4.69) is 56.9 Å². The first-order chi connectivity index (χ1) is 7.27. The molecule has 2 aromatic rings. The summed E-state index contributed by atoms with van der Waals surface area (Å²) in [7, 11) is 3.88. The molecule has 0 heterocycles. The molecule has 78 valence electrons. The largest absolute Gasteiger partial charge is 0.388 e. The van der Waals surface area contributed by atoms with Crippen molar-refractivity contribution < 1.29 is 0 Å². The van der Waals surface area contributed by atoms with Gasteiger partial charge < -0.3 is 10.6 Å². The van der Waals surface area contributed by atoms with E-state index >= 15 is 0 Å². The van der Waals surface area contributed by atoms with Crippen LogP contribution < -0.4 is 10.6 Å². The zero-order valence-electron chi connectivity index (χ0n) is 8.76. The van der Waals surface area contributed by atoms with Gasteiger partial charge >= 0.3 is 0 Å². The van der Waals surface area contributed by atoms with Gasteiger partial charge in [0, 0.05) is 40.7 Å². The van der Waals surface area contributed by atoms with Crippen molar-refractivity contribution in [2.45, 2.75) is 0 Å². The third kappa shape index (κ3) is 1.67. The van der Waals surface area contributed by atoms with Gasteiger partial charge in [-0.3, -0.25) is 0 Å². The van der Waals surface area contributed by atoms with Crippen molar-refractivity contribution >= 4 is 38.1 Å². The molecule has 15 heavy (non-hydrogen) atoms. The average molecular weight is 265 g/mol. The summed E-state index contributed by atoms with van der Waals surface area (Å²) >= 11 is 3.57. The van der Waals surface area contributed by atoms with Gasteiger partial charge in [-0.25, -0.2) is 0 Å². The van der Waals surface area contributed by atoms with Crippen LogP contribution in [0.2, 0.25) is 0 Å². The fourth-order valence-corrected chi connectivity index (χ4v) is 2.25. The molecule has 2 rings (SSSR count). The highest BCUT2D eigenvalue weighted by atomic mass is 79.9. The monoisotopic (exact) mass is 264 g/mol. The van der Waals surface area contributed by atoms with Gasteiger partial charge in [0.05, 0.1) is 0 Å². The van der Waals surface area contributed by atoms with Crippen LogP contribution in [0.4, 0.5) is 11.4 Å². The quantitative estimate of drug-likeness (QED) is 0.865. The molecule has 2 aromatic carbocycles. The molecule has 0 saturated carbocycles. The standard InChI is InChI=1S/C12H13BrN2/c1-14-10-5-3-4-8-9(13)6-7-11(15-2)12(8)10/h3-7,14-15H,1-2H3. The third-order valence-electron chi connectivity index (χ3n) is 2.53. The third-order valence-corrected chi connectivity index (χ3v) is 3.22. The summed E-state index contributed by atoms with van der Waals surface area (Å²) in [6.45, 7) is 0. The lowest BCUT2D eigenvalue weighted by Crippen LogP contribution is -1.95. The minimum Gasteiger partial charge on any atom is -0.388 e. The number of benzene rings is 2. The van der Waals surface area contributed by atoms with Crippen LogP contribution in [-0.4, -0.2) is 14.1 Å². The van der Waals surface area contributed by atoms with Crippen LogP contribution in [0.1, 0.15) is 0 Å². The topological polar surface area (TPSA) is 24.1 Å². The summed E-state index contributed by atoms with van der Waals surface area (Å²) in [5.74, 6) is 0. The Morgan fingerprint density at radius 2 is 1.60 bits per heavy atom. The number of hydrogen-bond donors (Lipinski definition) is 2. The van der Waals surface area contributed by atoms with Crippen molar-refractivity contribution in [2.75, 3.05) is 24.7 Å². The zero-order chi connectivity index (χ0) is 10.8. The molecule has 0 amide bonds. The summed E-state index contributed by atoms with van der Waals surface area (Å²) in [5, 5.41) is 8.86. The van der Waals surface area contributed by atoms with Gasteiger partial charge in [-0.2, -0.15) is 0 Å². The van der Waals surface area contributed by atoms with E-state index in [-0.39, 0.29) is 0 Å². The fourth-order valence-electron chi connectivity index (χ4n) is 1.79. The molecule has 0 aromatic heterocycles. The molecule has 0 unspecified atom stereocenters. The molecule has 0 aliphatic rings. The van der Waals surface area contributed by atoms with Crippen LogP contribution in [0.5, 0.6) is 0 Å². The molecule has 0 atom stereocenters. The number of rotatable bonds is 2. The first kappa shape index (κ1) is 10.3. The first-order valence-electron chi connectivity index (χ1n) is 4.84. The van der Waals surface area contributed by atoms with E-state index in [0.717, 1.165) is 15.8 Å². The molecule has 2 nitrogen and oxygen atoms in total. The molecule has 0 saturated heterocycles. The second-order valence-corrected chi connectivity index (χ2v) is 4.18. The molecule has 0 spiro atoms. The summed E-state index contributed by atoms with van der Waals surface area (Å²) in [6.07, 6.45) is 0. The van der Waals surface area contributed by atoms with E-state index in [1.165, 1.54) is 10.8 Å². The number of nitrogens with one attached hydrogen (secondary N) is 2. The van der Waals surface area contributed by atoms with Crippen molar-refractivity contribution in [3.8, 4) is 0 Å². The van der Waals surface area contributed by atoms with Gasteiger partial charge in [0.2, 0.25) is 0 Å². The second kappa shape index (κ2) is 4.11. The summed E-state index contributed by atoms with van der Waals surface area (Å²) in [5.41, 5.74) is 2.27. The highest BCUT2D eigenvalue weighted by Crippen LogP contribution is 2.34. The van der Waals surface area contributed by atoms with Crippen LogP contribution in [-0.2, 0) is 0 Å². The van der Waals surface area contributed by atoms with Gasteiger partial charge in [-0.1, -0.05) is 28.1 Å². The van der Waals surface area contributed by atoms with E-state index in [4.69, 9.17) is 0 Å². The predicted octanol–water partition coefficient (Wildman–Crippen LogP) is 3.69. The van der Waals surface area contributed by atoms with Gasteiger partial charge in [-0.05, 0) is 18.2 Å². The fraction of sp³-hybridized carbons (Fsp3) is 0.167. The van der Waals surface area contributed by atoms with Crippen LogP contribution in [0.25, 0.3) is 10.8 Å². The zero-order valence-corrected chi connectivity index (χ0v) is 10.4.